The van der Waals surface area contributed by atoms with Gasteiger partial charge in [0, 0.05) is 0 Å². The quantitative estimate of drug-likeness (QED) is 0.362. The average Bonchev–Trinajstić information content (AvgIpc) is 2.99. The number of nitrogens with zero attached hydrogens (tertiary/aromatic N) is 1. The van der Waals surface area contributed by atoms with E-state index in [2.05, 4.69) is 0 Å². The van der Waals surface area contributed by atoms with E-state index in [-0.39, 0.29) is 12.1 Å². The van der Waals surface area contributed by atoms with Gasteiger partial charge in [0.2, 0.25) is 5.83 Å². The summed E-state index contributed by atoms with van der Waals surface area (Å²) < 4.78 is 209. The average molecular weight is 548 g/mol. The number of nitrogens with one attached hydrogen (secondary N) is 1. The second-order valence-electron chi connectivity index (χ2n) is 6.25. The molecule has 1 aromatic rings. The van der Waals surface area contributed by atoms with E-state index in [9.17, 15) is 70.2 Å². The van der Waals surface area contributed by atoms with Crippen LogP contribution in [0.5, 0.6) is 0 Å². The molecule has 0 spiro atoms. The highest BCUT2D eigenvalue weighted by atomic mass is 32.2. The molecule has 0 atom stereocenters. The molecule has 19 heteroatoms. The minimum atomic E-state index is -6.77. The highest BCUT2D eigenvalue weighted by Crippen LogP contribution is 2.59. The van der Waals surface area contributed by atoms with Gasteiger partial charge in [-0.25, -0.2) is 9.38 Å². The molecule has 2 nitrogen and oxygen atoms in total. The number of benzene rings is 1. The van der Waals surface area contributed by atoms with Gasteiger partial charge >= 0.3 is 30.9 Å². The molecule has 0 saturated heterocycles. The third-order valence-electron chi connectivity index (χ3n) is 3.96. The molecule has 0 saturated carbocycles. The Bertz CT molecular complexity index is 992. The number of anilines is 1. The highest BCUT2D eigenvalue weighted by Gasteiger charge is 2.77. The predicted octanol–water partition coefficient (Wildman–Crippen LogP) is 7.85. The third kappa shape index (κ3) is 5.02. The summed E-state index contributed by atoms with van der Waals surface area (Å²) in [4.78, 5) is -1.10. The van der Waals surface area contributed by atoms with Crippen LogP contribution in [0, 0.1) is 0 Å². The summed E-state index contributed by atoms with van der Waals surface area (Å²) in [5, 5.41) is -0.762. The normalized spacial score (nSPS) is 19.2. The maximum Gasteiger partial charge on any atom is 0.443 e. The van der Waals surface area contributed by atoms with Gasteiger partial charge in [-0.3, -0.25) is 0 Å². The van der Waals surface area contributed by atoms with E-state index in [1.54, 1.807) is 0 Å². The number of hydrogen-bond donors (Lipinski definition) is 1. The van der Waals surface area contributed by atoms with Gasteiger partial charge < -0.3 is 5.32 Å². The van der Waals surface area contributed by atoms with E-state index >= 15 is 0 Å². The smallest absolute Gasteiger partial charge is 0.334 e. The third-order valence-corrected chi connectivity index (χ3v) is 5.02. The van der Waals surface area contributed by atoms with Gasteiger partial charge in [-0.1, -0.05) is 11.8 Å². The summed E-state index contributed by atoms with van der Waals surface area (Å²) in [7, 11) is 0. The van der Waals surface area contributed by atoms with Crippen molar-refractivity contribution in [1.82, 2.24) is 0 Å². The molecule has 0 bridgehead atoms. The molecule has 0 aromatic heterocycles. The maximum absolute atomic E-state index is 13.7. The minimum absolute atomic E-state index is 0.0500. The zero-order valence-corrected chi connectivity index (χ0v) is 16.0. The van der Waals surface area contributed by atoms with E-state index in [0.717, 1.165) is 0 Å². The summed E-state index contributed by atoms with van der Waals surface area (Å²) in [5.74, 6) is -3.88. The first-order chi connectivity index (χ1) is 14.9. The minimum Gasteiger partial charge on any atom is -0.334 e. The van der Waals surface area contributed by atoms with Crippen molar-refractivity contribution >= 4 is 22.6 Å². The fourth-order valence-corrected chi connectivity index (χ4v) is 3.67. The van der Waals surface area contributed by atoms with Crippen LogP contribution in [0.15, 0.2) is 33.9 Å². The first-order valence-electron chi connectivity index (χ1n) is 7.87. The number of hydrogen-bond acceptors (Lipinski definition) is 3. The Hall–Kier alpha value is -2.34. The van der Waals surface area contributed by atoms with E-state index in [4.69, 9.17) is 0 Å². The van der Waals surface area contributed by atoms with Gasteiger partial charge in [0.25, 0.3) is 5.54 Å². The molecule has 1 aliphatic heterocycles. The molecule has 34 heavy (non-hydrogen) atoms. The Kier molecular flexibility index (Phi) is 6.66. The number of allylic oxidation sites excluding steroid dienone is 1. The van der Waals surface area contributed by atoms with Crippen LogP contribution in [0.1, 0.15) is 11.1 Å². The fraction of sp³-hybridized carbons (Fsp3) is 0.400. The number of halogens is 16. The van der Waals surface area contributed by atoms with Gasteiger partial charge in [-0.15, -0.1) is 0 Å². The zero-order chi connectivity index (χ0) is 26.7. The topological polar surface area (TPSA) is 24.4 Å². The number of thioether (sulfide) groups is 1. The summed E-state index contributed by atoms with van der Waals surface area (Å²) in [6, 6.07) is -0.665. The van der Waals surface area contributed by atoms with Crippen LogP contribution in [0.2, 0.25) is 0 Å². The molecule has 1 N–H and O–H groups in total. The van der Waals surface area contributed by atoms with Crippen LogP contribution < -0.4 is 5.32 Å². The summed E-state index contributed by atoms with van der Waals surface area (Å²) in [6.07, 6.45) is -31.0. The van der Waals surface area contributed by atoms with Crippen LogP contribution in [-0.4, -0.2) is 29.2 Å². The molecule has 1 heterocycles. The lowest BCUT2D eigenvalue weighted by Gasteiger charge is -2.31. The molecule has 0 fully saturated rings. The maximum atomic E-state index is 13.7. The van der Waals surface area contributed by atoms with Crippen molar-refractivity contribution in [2.45, 2.75) is 36.4 Å². The summed E-state index contributed by atoms with van der Waals surface area (Å²) in [5.41, 5.74) is -11.6. The van der Waals surface area contributed by atoms with Crippen molar-refractivity contribution in [3.63, 3.8) is 0 Å². The number of rotatable bonds is 1. The predicted molar refractivity (Wildman–Crippen MR) is 84.1 cm³/mol. The standard InChI is InChI=1S/C15H4F16N2S/c16-7(13(23,24)25)8-10(14(26,27)28,15(29,30)31)33-9(34-8)32-6-2-1-4(11(17,18)19)3-5(6)12(20,21)22/h1-3H,(H,32,33)/b8-7+. The van der Waals surface area contributed by atoms with Crippen LogP contribution in [0.25, 0.3) is 0 Å². The molecule has 192 valence electrons. The SMILES string of the molecule is F/C(=C1/SC(Nc2ccc(C(F)(F)F)cc2C(F)(F)F)=NC1(C(F)(F)F)C(F)(F)F)C(F)(F)F. The van der Waals surface area contributed by atoms with E-state index in [1.165, 1.54) is 5.32 Å². The van der Waals surface area contributed by atoms with Gasteiger partial charge in [-0.2, -0.15) is 65.9 Å². The lowest BCUT2D eigenvalue weighted by Crippen LogP contribution is -2.55. The van der Waals surface area contributed by atoms with E-state index in [1.807, 2.05) is 4.99 Å². The van der Waals surface area contributed by atoms with Gasteiger partial charge in [0.15, 0.2) is 5.17 Å². The molecule has 0 unspecified atom stereocenters. The van der Waals surface area contributed by atoms with Crippen LogP contribution in [-0.2, 0) is 12.4 Å². The second kappa shape index (κ2) is 8.11. The van der Waals surface area contributed by atoms with Gasteiger partial charge in [0.05, 0.1) is 21.7 Å². The van der Waals surface area contributed by atoms with Crippen LogP contribution in [0.4, 0.5) is 75.9 Å². The molecular formula is C15H4F16N2S. The Morgan fingerprint density at radius 3 is 1.65 bits per heavy atom. The van der Waals surface area contributed by atoms with Crippen molar-refractivity contribution < 1.29 is 70.2 Å². The number of aliphatic imine (C=N–C) groups is 1. The van der Waals surface area contributed by atoms with Crippen molar-refractivity contribution in [1.29, 1.82) is 0 Å². The Morgan fingerprint density at radius 2 is 1.26 bits per heavy atom. The summed E-state index contributed by atoms with van der Waals surface area (Å²) >= 11 is -1.28. The molecular weight excluding hydrogens is 544 g/mol. The lowest BCUT2D eigenvalue weighted by molar-refractivity contribution is -0.280. The monoisotopic (exact) mass is 548 g/mol. The van der Waals surface area contributed by atoms with Crippen LogP contribution >= 0.6 is 11.8 Å². The highest BCUT2D eigenvalue weighted by molar-refractivity contribution is 8.17. The van der Waals surface area contributed by atoms with Crippen molar-refractivity contribution in [2.75, 3.05) is 5.32 Å². The fourth-order valence-electron chi connectivity index (χ4n) is 2.51. The number of alkyl halides is 15. The van der Waals surface area contributed by atoms with Crippen molar-refractivity contribution in [3.05, 3.63) is 40.1 Å². The molecule has 1 aromatic carbocycles. The largest absolute Gasteiger partial charge is 0.443 e. The molecule has 0 radical (unpaired) electrons. The molecule has 2 rings (SSSR count). The van der Waals surface area contributed by atoms with Crippen molar-refractivity contribution in [2.24, 2.45) is 4.99 Å². The molecule has 0 amide bonds. The Morgan fingerprint density at radius 1 is 0.765 bits per heavy atom. The first kappa shape index (κ1) is 27.9. The first-order valence-corrected chi connectivity index (χ1v) is 8.68. The van der Waals surface area contributed by atoms with E-state index in [0.29, 0.717) is 0 Å². The van der Waals surface area contributed by atoms with E-state index < -0.39 is 87.0 Å². The summed E-state index contributed by atoms with van der Waals surface area (Å²) in [6.45, 7) is 0. The van der Waals surface area contributed by atoms with Crippen molar-refractivity contribution in [3.8, 4) is 0 Å². The zero-order valence-electron chi connectivity index (χ0n) is 15.1. The van der Waals surface area contributed by atoms with Gasteiger partial charge in [-0.05, 0) is 18.2 Å². The van der Waals surface area contributed by atoms with Crippen LogP contribution in [0.3, 0.4) is 0 Å². The second-order valence-corrected chi connectivity index (χ2v) is 7.25. The molecule has 1 aliphatic rings. The lowest BCUT2D eigenvalue weighted by atomic mass is 9.97. The van der Waals surface area contributed by atoms with Gasteiger partial charge in [0.1, 0.15) is 0 Å². The Labute approximate surface area is 180 Å². The molecule has 0 aliphatic carbocycles. The Balaban J connectivity index is 2.76. The number of amidine groups is 1.